The first-order valence-corrected chi connectivity index (χ1v) is 7.47. The molecule has 0 heterocycles. The zero-order valence-corrected chi connectivity index (χ0v) is 13.4. The van der Waals surface area contributed by atoms with E-state index in [1.807, 2.05) is 13.8 Å². The van der Waals surface area contributed by atoms with Crippen molar-refractivity contribution in [3.63, 3.8) is 0 Å². The van der Waals surface area contributed by atoms with Crippen LogP contribution in [0.3, 0.4) is 0 Å². The van der Waals surface area contributed by atoms with Crippen LogP contribution in [0.15, 0.2) is 0 Å². The molecule has 1 aliphatic carbocycles. The predicted octanol–water partition coefficient (Wildman–Crippen LogP) is 3.54. The van der Waals surface area contributed by atoms with E-state index in [4.69, 9.17) is 4.74 Å². The van der Waals surface area contributed by atoms with Crippen molar-refractivity contribution in [2.45, 2.75) is 72.8 Å². The van der Waals surface area contributed by atoms with Gasteiger partial charge in [-0.3, -0.25) is 4.79 Å². The smallest absolute Gasteiger partial charge is 0.314 e. The van der Waals surface area contributed by atoms with Gasteiger partial charge in [0.2, 0.25) is 0 Å². The van der Waals surface area contributed by atoms with E-state index in [1.165, 1.54) is 0 Å². The molecule has 0 saturated heterocycles. The maximum atomic E-state index is 12.3. The normalized spacial score (nSPS) is 29.1. The average Bonchev–Trinajstić information content (AvgIpc) is 2.28. The van der Waals surface area contributed by atoms with E-state index in [2.05, 4.69) is 20.8 Å². The molecule has 19 heavy (non-hydrogen) atoms. The van der Waals surface area contributed by atoms with Crippen molar-refractivity contribution in [3.05, 3.63) is 0 Å². The van der Waals surface area contributed by atoms with Crippen molar-refractivity contribution in [3.8, 4) is 0 Å². The fourth-order valence-electron chi connectivity index (χ4n) is 3.54. The summed E-state index contributed by atoms with van der Waals surface area (Å²) in [4.78, 5) is 12.3. The van der Waals surface area contributed by atoms with Gasteiger partial charge in [-0.1, -0.05) is 33.6 Å². The van der Waals surface area contributed by atoms with Crippen LogP contribution < -0.4 is 0 Å². The van der Waals surface area contributed by atoms with Crippen molar-refractivity contribution in [2.75, 3.05) is 6.61 Å². The van der Waals surface area contributed by atoms with Gasteiger partial charge in [-0.05, 0) is 44.9 Å². The fourth-order valence-corrected chi connectivity index (χ4v) is 3.54. The molecule has 3 nitrogen and oxygen atoms in total. The molecule has 0 amide bonds. The number of ether oxygens (including phenoxy) is 1. The molecule has 112 valence electrons. The Morgan fingerprint density at radius 1 is 1.26 bits per heavy atom. The summed E-state index contributed by atoms with van der Waals surface area (Å²) in [5.41, 5.74) is -1.85. The third-order valence-corrected chi connectivity index (χ3v) is 4.79. The lowest BCUT2D eigenvalue weighted by molar-refractivity contribution is -0.195. The fraction of sp³-hybridized carbons (Fsp3) is 0.938. The topological polar surface area (TPSA) is 46.5 Å². The Morgan fingerprint density at radius 2 is 1.84 bits per heavy atom. The standard InChI is InChI=1S/C16H30O3/c1-7-19-13(17)15(5,6)16(18)11-9-8-10-12(16)14(2,3)4/h12,18H,7-11H2,1-6H3. The van der Waals surface area contributed by atoms with Crippen LogP contribution in [0.25, 0.3) is 0 Å². The highest BCUT2D eigenvalue weighted by molar-refractivity contribution is 5.77. The van der Waals surface area contributed by atoms with Crippen LogP contribution in [0.5, 0.6) is 0 Å². The zero-order chi connectivity index (χ0) is 14.9. The Bertz CT molecular complexity index is 327. The summed E-state index contributed by atoms with van der Waals surface area (Å²) in [5.74, 6) is -0.165. The third-order valence-electron chi connectivity index (χ3n) is 4.79. The third kappa shape index (κ3) is 2.96. The van der Waals surface area contributed by atoms with Crippen molar-refractivity contribution < 1.29 is 14.6 Å². The molecule has 1 N–H and O–H groups in total. The SMILES string of the molecule is CCOC(=O)C(C)(C)C1(O)CCCCC1C(C)(C)C. The first-order chi connectivity index (χ1) is 8.57. The second-order valence-electron chi connectivity index (χ2n) is 7.43. The summed E-state index contributed by atoms with van der Waals surface area (Å²) < 4.78 is 5.19. The van der Waals surface area contributed by atoms with E-state index in [-0.39, 0.29) is 17.3 Å². The second kappa shape index (κ2) is 5.43. The summed E-state index contributed by atoms with van der Waals surface area (Å²) in [7, 11) is 0. The van der Waals surface area contributed by atoms with Gasteiger partial charge in [0.15, 0.2) is 0 Å². The lowest BCUT2D eigenvalue weighted by Gasteiger charge is -2.53. The molecule has 0 radical (unpaired) electrons. The molecule has 1 saturated carbocycles. The number of hydrogen-bond acceptors (Lipinski definition) is 3. The highest BCUT2D eigenvalue weighted by atomic mass is 16.5. The van der Waals surface area contributed by atoms with Gasteiger partial charge in [0.05, 0.1) is 17.6 Å². The summed E-state index contributed by atoms with van der Waals surface area (Å²) in [6.07, 6.45) is 3.76. The summed E-state index contributed by atoms with van der Waals surface area (Å²) in [6.45, 7) is 12.3. The molecule has 0 aromatic heterocycles. The van der Waals surface area contributed by atoms with Crippen LogP contribution in [0, 0.1) is 16.7 Å². The molecule has 2 unspecified atom stereocenters. The average molecular weight is 270 g/mol. The Labute approximate surface area is 117 Å². The molecule has 0 bridgehead atoms. The molecule has 0 aliphatic heterocycles. The molecule has 3 heteroatoms. The van der Waals surface area contributed by atoms with Crippen LogP contribution in [0.1, 0.15) is 67.2 Å². The monoisotopic (exact) mass is 270 g/mol. The van der Waals surface area contributed by atoms with Gasteiger partial charge in [-0.25, -0.2) is 0 Å². The van der Waals surface area contributed by atoms with Gasteiger partial charge >= 0.3 is 5.97 Å². The van der Waals surface area contributed by atoms with Gasteiger partial charge in [0, 0.05) is 0 Å². The van der Waals surface area contributed by atoms with Crippen LogP contribution in [-0.2, 0) is 9.53 Å². The van der Waals surface area contributed by atoms with E-state index >= 15 is 0 Å². The van der Waals surface area contributed by atoms with Gasteiger partial charge < -0.3 is 9.84 Å². The quantitative estimate of drug-likeness (QED) is 0.798. The van der Waals surface area contributed by atoms with Crippen molar-refractivity contribution in [1.82, 2.24) is 0 Å². The predicted molar refractivity (Wildman–Crippen MR) is 76.8 cm³/mol. The number of esters is 1. The molecule has 1 aliphatic rings. The van der Waals surface area contributed by atoms with Crippen LogP contribution in [0.4, 0.5) is 0 Å². The first kappa shape index (κ1) is 16.5. The van der Waals surface area contributed by atoms with Crippen molar-refractivity contribution >= 4 is 5.97 Å². The van der Waals surface area contributed by atoms with Crippen LogP contribution in [-0.4, -0.2) is 23.3 Å². The summed E-state index contributed by atoms with van der Waals surface area (Å²) in [5, 5.41) is 11.3. The molecular weight excluding hydrogens is 240 g/mol. The van der Waals surface area contributed by atoms with E-state index < -0.39 is 11.0 Å². The minimum atomic E-state index is -0.976. The minimum Gasteiger partial charge on any atom is -0.465 e. The number of hydrogen-bond donors (Lipinski definition) is 1. The van der Waals surface area contributed by atoms with Gasteiger partial charge in [-0.15, -0.1) is 0 Å². The largest absolute Gasteiger partial charge is 0.465 e. The molecule has 1 fully saturated rings. The highest BCUT2D eigenvalue weighted by Gasteiger charge is 2.57. The lowest BCUT2D eigenvalue weighted by Crippen LogP contribution is -2.59. The second-order valence-corrected chi connectivity index (χ2v) is 7.43. The van der Waals surface area contributed by atoms with Crippen LogP contribution in [0.2, 0.25) is 0 Å². The maximum Gasteiger partial charge on any atom is 0.314 e. The molecule has 2 atom stereocenters. The Balaban J connectivity index is 3.13. The number of carbonyl (C=O) groups excluding carboxylic acids is 1. The van der Waals surface area contributed by atoms with E-state index in [0.29, 0.717) is 13.0 Å². The summed E-state index contributed by atoms with van der Waals surface area (Å²) >= 11 is 0. The lowest BCUT2D eigenvalue weighted by atomic mass is 9.55. The van der Waals surface area contributed by atoms with Gasteiger partial charge in [-0.2, -0.15) is 0 Å². The van der Waals surface area contributed by atoms with E-state index in [0.717, 1.165) is 19.3 Å². The highest BCUT2D eigenvalue weighted by Crippen LogP contribution is 2.52. The Morgan fingerprint density at radius 3 is 2.32 bits per heavy atom. The zero-order valence-electron chi connectivity index (χ0n) is 13.4. The number of rotatable bonds is 3. The molecular formula is C16H30O3. The molecule has 1 rings (SSSR count). The van der Waals surface area contributed by atoms with E-state index in [1.54, 1.807) is 6.92 Å². The van der Waals surface area contributed by atoms with Crippen molar-refractivity contribution in [1.29, 1.82) is 0 Å². The van der Waals surface area contributed by atoms with E-state index in [9.17, 15) is 9.90 Å². The van der Waals surface area contributed by atoms with Gasteiger partial charge in [0.1, 0.15) is 0 Å². The first-order valence-electron chi connectivity index (χ1n) is 7.47. The molecule has 0 aromatic rings. The van der Waals surface area contributed by atoms with Gasteiger partial charge in [0.25, 0.3) is 0 Å². The Hall–Kier alpha value is -0.570. The van der Waals surface area contributed by atoms with Crippen LogP contribution >= 0.6 is 0 Å². The Kier molecular flexibility index (Phi) is 4.71. The summed E-state index contributed by atoms with van der Waals surface area (Å²) in [6, 6.07) is 0. The number of carbonyl (C=O) groups is 1. The molecule has 0 aromatic carbocycles. The molecule has 0 spiro atoms. The van der Waals surface area contributed by atoms with Crippen molar-refractivity contribution in [2.24, 2.45) is 16.7 Å². The minimum absolute atomic E-state index is 0.0149. The maximum absolute atomic E-state index is 12.3. The number of aliphatic hydroxyl groups is 1.